The normalized spacial score (nSPS) is 22.5. The molecular formula is C9H10NO-. The van der Waals surface area contributed by atoms with Gasteiger partial charge < -0.3 is 10.3 Å². The van der Waals surface area contributed by atoms with Crippen LogP contribution in [0.5, 0.6) is 0 Å². The third-order valence-corrected chi connectivity index (χ3v) is 2.07. The number of rotatable bonds is 0. The predicted molar refractivity (Wildman–Crippen MR) is 44.4 cm³/mol. The molecule has 58 valence electrons. The van der Waals surface area contributed by atoms with Crippen molar-refractivity contribution in [3.63, 3.8) is 0 Å². The Morgan fingerprint density at radius 2 is 2.36 bits per heavy atom. The van der Waals surface area contributed by atoms with Crippen LogP contribution in [0, 0.1) is 5.21 Å². The van der Waals surface area contributed by atoms with Crippen LogP contribution in [0.2, 0.25) is 0 Å². The second-order valence-electron chi connectivity index (χ2n) is 2.84. The first-order valence-electron chi connectivity index (χ1n) is 3.92. The summed E-state index contributed by atoms with van der Waals surface area (Å²) in [6.45, 7) is 0. The van der Waals surface area contributed by atoms with Crippen LogP contribution in [0.25, 0.3) is 0 Å². The quantitative estimate of drug-likeness (QED) is 0.527. The molecule has 0 amide bonds. The van der Waals surface area contributed by atoms with Crippen molar-refractivity contribution in [2.75, 3.05) is 0 Å². The first kappa shape index (κ1) is 6.68. The average Bonchev–Trinajstić information content (AvgIpc) is 2.06. The summed E-state index contributed by atoms with van der Waals surface area (Å²) in [5.74, 6) is 0. The summed E-state index contributed by atoms with van der Waals surface area (Å²) in [4.78, 5) is 0. The predicted octanol–water partition coefficient (Wildman–Crippen LogP) is 2.31. The van der Waals surface area contributed by atoms with Crippen LogP contribution in [-0.4, -0.2) is 5.06 Å². The largest absolute Gasteiger partial charge is 0.754 e. The number of nitrogens with zero attached hydrogens (tertiary/aromatic N) is 1. The fraction of sp³-hybridized carbons (Fsp3) is 0.333. The Morgan fingerprint density at radius 3 is 3.18 bits per heavy atom. The van der Waals surface area contributed by atoms with Crippen LogP contribution in [0.1, 0.15) is 19.3 Å². The van der Waals surface area contributed by atoms with Crippen LogP contribution in [0.15, 0.2) is 35.7 Å². The molecular weight excluding hydrogens is 138 g/mol. The maximum atomic E-state index is 11.1. The molecule has 0 N–H and O–H groups in total. The first-order valence-corrected chi connectivity index (χ1v) is 3.92. The molecule has 0 saturated carbocycles. The van der Waals surface area contributed by atoms with E-state index in [-0.39, 0.29) is 0 Å². The van der Waals surface area contributed by atoms with Crippen LogP contribution in [-0.2, 0) is 0 Å². The number of hydrogen-bond donors (Lipinski definition) is 0. The minimum absolute atomic E-state index is 0.860. The van der Waals surface area contributed by atoms with Gasteiger partial charge in [-0.05, 0) is 37.1 Å². The summed E-state index contributed by atoms with van der Waals surface area (Å²) in [5.41, 5.74) is 2.05. The SMILES string of the molecule is [O-]N1C=CC=C2CCCC=C21. The zero-order valence-electron chi connectivity index (χ0n) is 6.29. The monoisotopic (exact) mass is 148 g/mol. The number of hydrogen-bond acceptors (Lipinski definition) is 2. The van der Waals surface area contributed by atoms with Crippen LogP contribution in [0.3, 0.4) is 0 Å². The van der Waals surface area contributed by atoms with Crippen molar-refractivity contribution in [2.24, 2.45) is 0 Å². The lowest BCUT2D eigenvalue weighted by molar-refractivity contribution is 0.597. The average molecular weight is 148 g/mol. The molecule has 0 aromatic heterocycles. The lowest BCUT2D eigenvalue weighted by Crippen LogP contribution is -2.14. The third kappa shape index (κ3) is 1.10. The fourth-order valence-electron chi connectivity index (χ4n) is 1.51. The second kappa shape index (κ2) is 2.55. The van der Waals surface area contributed by atoms with E-state index in [9.17, 15) is 5.21 Å². The highest BCUT2D eigenvalue weighted by atomic mass is 16.5. The Bertz CT molecular complexity index is 250. The maximum absolute atomic E-state index is 11.1. The zero-order chi connectivity index (χ0) is 7.68. The number of allylic oxidation sites excluding steroid dienone is 4. The molecule has 2 nitrogen and oxygen atoms in total. The molecule has 11 heavy (non-hydrogen) atoms. The molecule has 0 saturated heterocycles. The molecule has 0 atom stereocenters. The van der Waals surface area contributed by atoms with Gasteiger partial charge in [-0.3, -0.25) is 0 Å². The molecule has 0 radical (unpaired) electrons. The molecule has 0 unspecified atom stereocenters. The summed E-state index contributed by atoms with van der Waals surface area (Å²) < 4.78 is 0. The topological polar surface area (TPSA) is 26.3 Å². The van der Waals surface area contributed by atoms with Crippen LogP contribution < -0.4 is 0 Å². The molecule has 2 rings (SSSR count). The molecule has 0 spiro atoms. The third-order valence-electron chi connectivity index (χ3n) is 2.07. The van der Waals surface area contributed by atoms with E-state index in [1.165, 1.54) is 12.0 Å². The van der Waals surface area contributed by atoms with E-state index >= 15 is 0 Å². The molecule has 2 heteroatoms. The number of hydroxylamine groups is 2. The fourth-order valence-corrected chi connectivity index (χ4v) is 1.51. The summed E-state index contributed by atoms with van der Waals surface area (Å²) in [7, 11) is 0. The van der Waals surface area contributed by atoms with E-state index in [0.717, 1.165) is 23.6 Å². The van der Waals surface area contributed by atoms with Gasteiger partial charge in [0.1, 0.15) is 0 Å². The number of fused-ring (bicyclic) bond motifs is 1. The van der Waals surface area contributed by atoms with Gasteiger partial charge >= 0.3 is 0 Å². The highest BCUT2D eigenvalue weighted by Gasteiger charge is 2.11. The van der Waals surface area contributed by atoms with Gasteiger partial charge in [-0.1, -0.05) is 12.2 Å². The molecule has 0 aromatic carbocycles. The van der Waals surface area contributed by atoms with E-state index < -0.39 is 0 Å². The van der Waals surface area contributed by atoms with E-state index in [0.29, 0.717) is 0 Å². The van der Waals surface area contributed by atoms with E-state index in [1.807, 2.05) is 18.2 Å². The highest BCUT2D eigenvalue weighted by molar-refractivity contribution is 5.39. The molecule has 0 aromatic rings. The first-order chi connectivity index (χ1) is 5.38. The molecule has 1 aliphatic heterocycles. The van der Waals surface area contributed by atoms with Gasteiger partial charge in [-0.2, -0.15) is 0 Å². The van der Waals surface area contributed by atoms with Gasteiger partial charge in [-0.25, -0.2) is 0 Å². The van der Waals surface area contributed by atoms with Crippen molar-refractivity contribution in [3.8, 4) is 0 Å². The minimum atomic E-state index is 0.860. The Kier molecular flexibility index (Phi) is 1.55. The standard InChI is InChI=1S/C9H10NO/c11-10-7-3-5-8-4-1-2-6-9(8)10/h3,5-7H,1-2,4H2/q-1. The maximum Gasteiger partial charge on any atom is 0.0291 e. The lowest BCUT2D eigenvalue weighted by atomic mass is 9.97. The lowest BCUT2D eigenvalue weighted by Gasteiger charge is -2.35. The van der Waals surface area contributed by atoms with Crippen molar-refractivity contribution in [2.45, 2.75) is 19.3 Å². The van der Waals surface area contributed by atoms with Gasteiger partial charge in [0.25, 0.3) is 0 Å². The van der Waals surface area contributed by atoms with Crippen molar-refractivity contribution < 1.29 is 0 Å². The zero-order valence-corrected chi connectivity index (χ0v) is 6.29. The van der Waals surface area contributed by atoms with Gasteiger partial charge in [0.15, 0.2) is 0 Å². The molecule has 1 heterocycles. The van der Waals surface area contributed by atoms with Crippen LogP contribution >= 0.6 is 0 Å². The van der Waals surface area contributed by atoms with Crippen molar-refractivity contribution in [1.82, 2.24) is 5.06 Å². The molecule has 1 aliphatic carbocycles. The molecule has 0 fully saturated rings. The van der Waals surface area contributed by atoms with Gasteiger partial charge in [-0.15, -0.1) is 0 Å². The van der Waals surface area contributed by atoms with Gasteiger partial charge in [0.05, 0.1) is 0 Å². The molecule has 0 bridgehead atoms. The molecule has 2 aliphatic rings. The second-order valence-corrected chi connectivity index (χ2v) is 2.84. The summed E-state index contributed by atoms with van der Waals surface area (Å²) >= 11 is 0. The van der Waals surface area contributed by atoms with E-state index in [1.54, 1.807) is 6.20 Å². The summed E-state index contributed by atoms with van der Waals surface area (Å²) in [5, 5.41) is 12.1. The Labute approximate surface area is 66.1 Å². The van der Waals surface area contributed by atoms with Crippen molar-refractivity contribution >= 4 is 0 Å². The Hall–Kier alpha value is -1.02. The summed E-state index contributed by atoms with van der Waals surface area (Å²) in [6.07, 6.45) is 10.7. The summed E-state index contributed by atoms with van der Waals surface area (Å²) in [6, 6.07) is 0. The Morgan fingerprint density at radius 1 is 1.45 bits per heavy atom. The van der Waals surface area contributed by atoms with E-state index in [2.05, 4.69) is 0 Å². The minimum Gasteiger partial charge on any atom is -0.754 e. The van der Waals surface area contributed by atoms with Gasteiger partial charge in [0, 0.05) is 5.70 Å². The van der Waals surface area contributed by atoms with Crippen molar-refractivity contribution in [1.29, 1.82) is 0 Å². The highest BCUT2D eigenvalue weighted by Crippen LogP contribution is 2.28. The van der Waals surface area contributed by atoms with Crippen LogP contribution in [0.4, 0.5) is 0 Å². The van der Waals surface area contributed by atoms with Crippen molar-refractivity contribution in [3.05, 3.63) is 40.9 Å². The van der Waals surface area contributed by atoms with Gasteiger partial charge in [0.2, 0.25) is 0 Å². The smallest absolute Gasteiger partial charge is 0.0291 e. The Balaban J connectivity index is 2.35. The van der Waals surface area contributed by atoms with E-state index in [4.69, 9.17) is 0 Å².